The van der Waals surface area contributed by atoms with Crippen molar-refractivity contribution >= 4 is 5.91 Å². The monoisotopic (exact) mass is 180 g/mol. The van der Waals surface area contributed by atoms with Crippen LogP contribution < -0.4 is 5.32 Å². The van der Waals surface area contributed by atoms with Crippen LogP contribution in [0.2, 0.25) is 0 Å². The van der Waals surface area contributed by atoms with E-state index in [1.54, 1.807) is 0 Å². The molecule has 1 amide bonds. The fourth-order valence-corrected chi connectivity index (χ4v) is 2.59. The van der Waals surface area contributed by atoms with Crippen molar-refractivity contribution in [3.63, 3.8) is 0 Å². The number of piperazine rings is 1. The van der Waals surface area contributed by atoms with Crippen LogP contribution >= 0.6 is 0 Å². The SMILES string of the molecule is C[C@@H]1C[C@H]1C(=O)N1CC2CC(C1)N2. The van der Waals surface area contributed by atoms with Crippen LogP contribution in [0.5, 0.6) is 0 Å². The standard InChI is InChI=1S/C10H16N2O/c1-6-2-9(6)10(13)12-4-7-3-8(5-12)11-7/h6-9,11H,2-5H2,1H3/t6-,7?,8?,9-/m1/s1. The first-order chi connectivity index (χ1) is 6.24. The fraction of sp³-hybridized carbons (Fsp3) is 0.900. The Morgan fingerprint density at radius 3 is 2.31 bits per heavy atom. The quantitative estimate of drug-likeness (QED) is 0.626. The Kier molecular flexibility index (Phi) is 1.48. The van der Waals surface area contributed by atoms with E-state index in [1.165, 1.54) is 6.42 Å². The van der Waals surface area contributed by atoms with Crippen LogP contribution in [0.4, 0.5) is 0 Å². The van der Waals surface area contributed by atoms with Gasteiger partial charge in [-0.25, -0.2) is 0 Å². The minimum Gasteiger partial charge on any atom is -0.339 e. The summed E-state index contributed by atoms with van der Waals surface area (Å²) in [6.45, 7) is 4.09. The minimum absolute atomic E-state index is 0.373. The van der Waals surface area contributed by atoms with E-state index in [0.29, 0.717) is 29.8 Å². The molecule has 3 saturated heterocycles. The molecule has 2 bridgehead atoms. The summed E-state index contributed by atoms with van der Waals surface area (Å²) in [5.41, 5.74) is 0. The second-order valence-electron chi connectivity index (χ2n) is 4.86. The Bertz CT molecular complexity index is 237. The van der Waals surface area contributed by atoms with Crippen LogP contribution in [-0.2, 0) is 4.79 Å². The molecular weight excluding hydrogens is 164 g/mol. The number of hydrogen-bond donors (Lipinski definition) is 1. The highest BCUT2D eigenvalue weighted by Gasteiger charge is 2.45. The first kappa shape index (κ1) is 7.80. The summed E-state index contributed by atoms with van der Waals surface area (Å²) in [5, 5.41) is 3.44. The Morgan fingerprint density at radius 1 is 1.31 bits per heavy atom. The molecule has 4 aliphatic rings. The molecule has 72 valence electrons. The smallest absolute Gasteiger partial charge is 0.226 e. The predicted molar refractivity (Wildman–Crippen MR) is 49.2 cm³/mol. The van der Waals surface area contributed by atoms with Gasteiger partial charge in [0.2, 0.25) is 5.91 Å². The number of rotatable bonds is 1. The Labute approximate surface area is 78.5 Å². The molecule has 0 radical (unpaired) electrons. The molecule has 4 fully saturated rings. The highest BCUT2D eigenvalue weighted by Crippen LogP contribution is 2.40. The molecule has 4 atom stereocenters. The minimum atomic E-state index is 0.373. The van der Waals surface area contributed by atoms with Crippen molar-refractivity contribution in [2.24, 2.45) is 11.8 Å². The number of piperidine rings is 1. The van der Waals surface area contributed by atoms with Crippen molar-refractivity contribution in [2.75, 3.05) is 13.1 Å². The molecule has 3 heterocycles. The highest BCUT2D eigenvalue weighted by molar-refractivity contribution is 5.82. The molecule has 0 aromatic rings. The van der Waals surface area contributed by atoms with Gasteiger partial charge in [-0.15, -0.1) is 0 Å². The summed E-state index contributed by atoms with van der Waals surface area (Å²) < 4.78 is 0. The lowest BCUT2D eigenvalue weighted by molar-refractivity contribution is -0.137. The van der Waals surface area contributed by atoms with E-state index >= 15 is 0 Å². The summed E-state index contributed by atoms with van der Waals surface area (Å²) in [4.78, 5) is 13.9. The van der Waals surface area contributed by atoms with Gasteiger partial charge >= 0.3 is 0 Å². The zero-order valence-corrected chi connectivity index (χ0v) is 7.99. The summed E-state index contributed by atoms with van der Waals surface area (Å²) in [6.07, 6.45) is 2.40. The van der Waals surface area contributed by atoms with E-state index in [1.807, 2.05) is 0 Å². The first-order valence-electron chi connectivity index (χ1n) is 5.29. The van der Waals surface area contributed by atoms with Gasteiger partial charge < -0.3 is 10.2 Å². The van der Waals surface area contributed by atoms with Gasteiger partial charge in [0, 0.05) is 31.1 Å². The van der Waals surface area contributed by atoms with Crippen LogP contribution in [0.25, 0.3) is 0 Å². The van der Waals surface area contributed by atoms with E-state index in [4.69, 9.17) is 0 Å². The number of fused-ring (bicyclic) bond motifs is 2. The normalized spacial score (nSPS) is 47.0. The second-order valence-corrected chi connectivity index (χ2v) is 4.86. The second kappa shape index (κ2) is 2.47. The van der Waals surface area contributed by atoms with Gasteiger partial charge in [-0.05, 0) is 18.8 Å². The number of hydrogen-bond acceptors (Lipinski definition) is 2. The lowest BCUT2D eigenvalue weighted by atomic mass is 9.91. The van der Waals surface area contributed by atoms with E-state index in [-0.39, 0.29) is 0 Å². The molecule has 0 aromatic heterocycles. The molecular formula is C10H16N2O. The number of carbonyl (C=O) groups excluding carboxylic acids is 1. The van der Waals surface area contributed by atoms with Crippen LogP contribution in [0.1, 0.15) is 19.8 Å². The molecule has 2 unspecified atom stereocenters. The van der Waals surface area contributed by atoms with Crippen LogP contribution in [0, 0.1) is 11.8 Å². The molecule has 3 aliphatic heterocycles. The summed E-state index contributed by atoms with van der Waals surface area (Å²) in [7, 11) is 0. The molecule has 1 saturated carbocycles. The maximum Gasteiger partial charge on any atom is 0.226 e. The van der Waals surface area contributed by atoms with E-state index in [9.17, 15) is 4.79 Å². The molecule has 0 aromatic carbocycles. The van der Waals surface area contributed by atoms with Crippen molar-refractivity contribution in [3.05, 3.63) is 0 Å². The Hall–Kier alpha value is -0.570. The van der Waals surface area contributed by atoms with Gasteiger partial charge in [0.05, 0.1) is 0 Å². The maximum absolute atomic E-state index is 11.8. The number of nitrogens with one attached hydrogen (secondary N) is 1. The van der Waals surface area contributed by atoms with E-state index in [2.05, 4.69) is 17.1 Å². The Balaban J connectivity index is 1.63. The molecule has 3 nitrogen and oxygen atoms in total. The predicted octanol–water partition coefficient (Wildman–Crippen LogP) is 0.215. The molecule has 13 heavy (non-hydrogen) atoms. The lowest BCUT2D eigenvalue weighted by Crippen LogP contribution is -2.67. The third-order valence-corrected chi connectivity index (χ3v) is 3.66. The van der Waals surface area contributed by atoms with Crippen molar-refractivity contribution in [1.82, 2.24) is 10.2 Å². The van der Waals surface area contributed by atoms with Gasteiger partial charge in [-0.3, -0.25) is 4.79 Å². The summed E-state index contributed by atoms with van der Waals surface area (Å²) >= 11 is 0. The molecule has 1 aliphatic carbocycles. The molecule has 0 spiro atoms. The topological polar surface area (TPSA) is 32.3 Å². The zero-order valence-electron chi connectivity index (χ0n) is 7.99. The van der Waals surface area contributed by atoms with Crippen molar-refractivity contribution in [1.29, 1.82) is 0 Å². The Morgan fingerprint density at radius 2 is 1.85 bits per heavy atom. The van der Waals surface area contributed by atoms with Crippen molar-refractivity contribution in [3.8, 4) is 0 Å². The summed E-state index contributed by atoms with van der Waals surface area (Å²) in [5.74, 6) is 1.44. The van der Waals surface area contributed by atoms with Crippen LogP contribution in [0.3, 0.4) is 0 Å². The van der Waals surface area contributed by atoms with Crippen LogP contribution in [0.15, 0.2) is 0 Å². The van der Waals surface area contributed by atoms with E-state index < -0.39 is 0 Å². The van der Waals surface area contributed by atoms with Gasteiger partial charge in [-0.1, -0.05) is 6.92 Å². The van der Waals surface area contributed by atoms with Gasteiger partial charge in [-0.2, -0.15) is 0 Å². The first-order valence-corrected chi connectivity index (χ1v) is 5.29. The van der Waals surface area contributed by atoms with Crippen molar-refractivity contribution < 1.29 is 4.79 Å². The lowest BCUT2D eigenvalue weighted by Gasteiger charge is -2.48. The van der Waals surface area contributed by atoms with Crippen LogP contribution in [-0.4, -0.2) is 36.0 Å². The third kappa shape index (κ3) is 1.17. The number of amides is 1. The molecule has 1 N–H and O–H groups in total. The van der Waals surface area contributed by atoms with E-state index in [0.717, 1.165) is 19.5 Å². The van der Waals surface area contributed by atoms with Crippen molar-refractivity contribution in [2.45, 2.75) is 31.8 Å². The van der Waals surface area contributed by atoms with Gasteiger partial charge in [0.25, 0.3) is 0 Å². The maximum atomic E-state index is 11.8. The fourth-order valence-electron chi connectivity index (χ4n) is 2.59. The largest absolute Gasteiger partial charge is 0.339 e. The van der Waals surface area contributed by atoms with Gasteiger partial charge in [0.1, 0.15) is 0 Å². The average Bonchev–Trinajstić information content (AvgIpc) is 2.80. The zero-order chi connectivity index (χ0) is 9.00. The average molecular weight is 180 g/mol. The summed E-state index contributed by atoms with van der Waals surface area (Å²) in [6, 6.07) is 1.22. The van der Waals surface area contributed by atoms with Gasteiger partial charge in [0.15, 0.2) is 0 Å². The third-order valence-electron chi connectivity index (χ3n) is 3.66. The molecule has 4 rings (SSSR count). The number of carbonyl (C=O) groups is 1. The number of nitrogens with zero attached hydrogens (tertiary/aromatic N) is 1. The highest BCUT2D eigenvalue weighted by atomic mass is 16.2. The molecule has 3 heteroatoms.